The van der Waals surface area contributed by atoms with E-state index in [2.05, 4.69) is 26.9 Å². The Hall–Kier alpha value is -2.63. The first-order chi connectivity index (χ1) is 14.5. The van der Waals surface area contributed by atoms with Gasteiger partial charge in [-0.25, -0.2) is 0 Å². The Balaban J connectivity index is 1.65. The summed E-state index contributed by atoms with van der Waals surface area (Å²) in [7, 11) is 3.23. The molecule has 4 rings (SSSR count). The second kappa shape index (κ2) is 8.62. The highest BCUT2D eigenvalue weighted by molar-refractivity contribution is 9.10. The van der Waals surface area contributed by atoms with Crippen molar-refractivity contribution < 1.29 is 14.3 Å². The minimum absolute atomic E-state index is 0.0154. The van der Waals surface area contributed by atoms with Crippen LogP contribution >= 0.6 is 27.7 Å². The lowest BCUT2D eigenvalue weighted by molar-refractivity contribution is -0.129. The van der Waals surface area contributed by atoms with Crippen LogP contribution in [0.25, 0.3) is 0 Å². The maximum Gasteiger partial charge on any atom is 0.229 e. The summed E-state index contributed by atoms with van der Waals surface area (Å²) < 4.78 is 11.8. The molecule has 2 aromatic carbocycles. The number of benzene rings is 2. The Morgan fingerprint density at radius 2 is 1.93 bits per heavy atom. The summed E-state index contributed by atoms with van der Waals surface area (Å²) in [5.74, 6) is 1.80. The van der Waals surface area contributed by atoms with E-state index in [9.17, 15) is 10.1 Å². The highest BCUT2D eigenvalue weighted by atomic mass is 79.9. The molecule has 1 amide bonds. The van der Waals surface area contributed by atoms with Crippen LogP contribution < -0.4 is 14.4 Å². The lowest BCUT2D eigenvalue weighted by atomic mass is 9.86. The molecule has 0 aliphatic carbocycles. The van der Waals surface area contributed by atoms with E-state index in [4.69, 9.17) is 9.47 Å². The summed E-state index contributed by atoms with van der Waals surface area (Å²) in [6.45, 7) is 0.377. The molecule has 0 radical (unpaired) electrons. The largest absolute Gasteiger partial charge is 0.497 e. The van der Waals surface area contributed by atoms with E-state index in [-0.39, 0.29) is 18.2 Å². The molecular weight excluding hydrogens is 466 g/mol. The number of carbonyl (C=O) groups is 1. The number of anilines is 1. The fraction of sp³-hybridized carbons (Fsp3) is 0.273. The van der Waals surface area contributed by atoms with Crippen LogP contribution in [-0.2, 0) is 4.79 Å². The highest BCUT2D eigenvalue weighted by Gasteiger charge is 2.38. The molecule has 154 valence electrons. The van der Waals surface area contributed by atoms with Crippen molar-refractivity contribution in [2.45, 2.75) is 12.3 Å². The number of methoxy groups -OCH3 is 2. The molecule has 1 atom stereocenters. The van der Waals surface area contributed by atoms with E-state index in [1.807, 2.05) is 42.5 Å². The number of thioether (sulfide) groups is 1. The van der Waals surface area contributed by atoms with E-state index in [1.54, 1.807) is 19.1 Å². The van der Waals surface area contributed by atoms with Crippen LogP contribution in [0.4, 0.5) is 5.69 Å². The van der Waals surface area contributed by atoms with Gasteiger partial charge in [0.25, 0.3) is 0 Å². The minimum Gasteiger partial charge on any atom is -0.497 e. The topological polar surface area (TPSA) is 65.8 Å². The molecule has 1 unspecified atom stereocenters. The summed E-state index contributed by atoms with van der Waals surface area (Å²) in [5.41, 5.74) is 2.52. The fourth-order valence-electron chi connectivity index (χ4n) is 3.74. The molecule has 2 heterocycles. The molecule has 2 aliphatic heterocycles. The lowest BCUT2D eigenvalue weighted by Gasteiger charge is -2.42. The van der Waals surface area contributed by atoms with Gasteiger partial charge in [0.05, 0.1) is 49.1 Å². The van der Waals surface area contributed by atoms with Crippen LogP contribution in [0.3, 0.4) is 0 Å². The molecule has 2 aromatic rings. The zero-order valence-electron chi connectivity index (χ0n) is 16.6. The van der Waals surface area contributed by atoms with E-state index in [0.29, 0.717) is 29.6 Å². The number of fused-ring (bicyclic) bond motifs is 1. The Bertz CT molecular complexity index is 1050. The normalized spacial score (nSPS) is 18.7. The van der Waals surface area contributed by atoms with Gasteiger partial charge in [0.1, 0.15) is 11.5 Å². The van der Waals surface area contributed by atoms with Gasteiger partial charge in [0.2, 0.25) is 5.91 Å². The van der Waals surface area contributed by atoms with Crippen molar-refractivity contribution in [1.29, 1.82) is 5.26 Å². The molecule has 1 fully saturated rings. The number of nitriles is 1. The number of hydrogen-bond acceptors (Lipinski definition) is 6. The molecular formula is C22H20BrN3O3S. The van der Waals surface area contributed by atoms with Gasteiger partial charge in [-0.1, -0.05) is 39.8 Å². The minimum atomic E-state index is -0.212. The van der Waals surface area contributed by atoms with Crippen LogP contribution in [0.2, 0.25) is 0 Å². The summed E-state index contributed by atoms with van der Waals surface area (Å²) in [6.07, 6.45) is 0.280. The average molecular weight is 486 g/mol. The van der Waals surface area contributed by atoms with Crippen molar-refractivity contribution >= 4 is 39.3 Å². The average Bonchev–Trinajstić information content (AvgIpc) is 2.79. The van der Waals surface area contributed by atoms with Gasteiger partial charge >= 0.3 is 0 Å². The van der Waals surface area contributed by atoms with Gasteiger partial charge in [0, 0.05) is 22.9 Å². The lowest BCUT2D eigenvalue weighted by Crippen LogP contribution is -2.47. The zero-order chi connectivity index (χ0) is 21.3. The molecule has 0 spiro atoms. The zero-order valence-corrected chi connectivity index (χ0v) is 19.0. The fourth-order valence-corrected chi connectivity index (χ4v) is 5.16. The maximum atomic E-state index is 13.1. The molecule has 6 nitrogen and oxygen atoms in total. The standard InChI is InChI=1S/C22H20BrN3O3S/c1-28-16-7-8-19(20(9-16)29-2)25-12-26-21(27)10-17(14-3-5-15(23)6-4-14)18(11-24)22(26)30-13-25/h3-9,17H,10,12-13H2,1-2H3. The SMILES string of the molecule is COc1ccc(N2CSC3=C(C#N)C(c4ccc(Br)cc4)CC(=O)N3C2)c(OC)c1. The van der Waals surface area contributed by atoms with Gasteiger partial charge in [-0.05, 0) is 29.8 Å². The van der Waals surface area contributed by atoms with Gasteiger partial charge in [0.15, 0.2) is 0 Å². The molecule has 0 aromatic heterocycles. The monoisotopic (exact) mass is 485 g/mol. The van der Waals surface area contributed by atoms with Gasteiger partial charge in [-0.3, -0.25) is 9.69 Å². The Labute approximate surface area is 188 Å². The summed E-state index contributed by atoms with van der Waals surface area (Å²) in [6, 6.07) is 15.8. The number of amides is 1. The van der Waals surface area contributed by atoms with Gasteiger partial charge in [-0.15, -0.1) is 0 Å². The van der Waals surface area contributed by atoms with Crippen molar-refractivity contribution in [2.75, 3.05) is 31.7 Å². The molecule has 0 N–H and O–H groups in total. The van der Waals surface area contributed by atoms with Crippen molar-refractivity contribution in [1.82, 2.24) is 4.90 Å². The molecule has 2 aliphatic rings. The molecule has 0 saturated carbocycles. The third-order valence-electron chi connectivity index (χ3n) is 5.29. The number of halogens is 1. The van der Waals surface area contributed by atoms with Crippen LogP contribution in [0.1, 0.15) is 17.9 Å². The Morgan fingerprint density at radius 3 is 2.60 bits per heavy atom. The first-order valence-electron chi connectivity index (χ1n) is 9.35. The van der Waals surface area contributed by atoms with Gasteiger partial charge in [-0.2, -0.15) is 5.26 Å². The number of carbonyl (C=O) groups excluding carboxylic acids is 1. The quantitative estimate of drug-likeness (QED) is 0.625. The smallest absolute Gasteiger partial charge is 0.229 e. The van der Waals surface area contributed by atoms with Crippen molar-refractivity contribution in [3.05, 3.63) is 63.1 Å². The number of nitrogens with zero attached hydrogens (tertiary/aromatic N) is 3. The molecule has 0 bridgehead atoms. The summed E-state index contributed by atoms with van der Waals surface area (Å²) in [5, 5.41) is 10.7. The van der Waals surface area contributed by atoms with Crippen molar-refractivity contribution in [3.8, 4) is 17.6 Å². The number of rotatable bonds is 4. The number of ether oxygens (including phenoxy) is 2. The van der Waals surface area contributed by atoms with Crippen LogP contribution in [-0.4, -0.2) is 37.6 Å². The molecule has 8 heteroatoms. The maximum absolute atomic E-state index is 13.1. The second-order valence-corrected chi connectivity index (χ2v) is 8.80. The molecule has 1 saturated heterocycles. The predicted molar refractivity (Wildman–Crippen MR) is 120 cm³/mol. The van der Waals surface area contributed by atoms with Gasteiger partial charge < -0.3 is 14.4 Å². The number of allylic oxidation sites excluding steroid dienone is 1. The first kappa shape index (κ1) is 20.6. The third-order valence-corrected chi connectivity index (χ3v) is 6.98. The van der Waals surface area contributed by atoms with Crippen LogP contribution in [0.15, 0.2) is 57.5 Å². The highest BCUT2D eigenvalue weighted by Crippen LogP contribution is 2.44. The Kier molecular flexibility index (Phi) is 5.93. The van der Waals surface area contributed by atoms with E-state index >= 15 is 0 Å². The Morgan fingerprint density at radius 1 is 1.17 bits per heavy atom. The van der Waals surface area contributed by atoms with Crippen LogP contribution in [0, 0.1) is 11.3 Å². The summed E-state index contributed by atoms with van der Waals surface area (Å²) >= 11 is 4.95. The first-order valence-corrected chi connectivity index (χ1v) is 11.1. The van der Waals surface area contributed by atoms with E-state index in [1.165, 1.54) is 11.8 Å². The van der Waals surface area contributed by atoms with Crippen LogP contribution in [0.5, 0.6) is 11.5 Å². The third kappa shape index (κ3) is 3.75. The number of hydrogen-bond donors (Lipinski definition) is 0. The van der Waals surface area contributed by atoms with E-state index < -0.39 is 0 Å². The van der Waals surface area contributed by atoms with E-state index in [0.717, 1.165) is 20.8 Å². The van der Waals surface area contributed by atoms with Crippen molar-refractivity contribution in [3.63, 3.8) is 0 Å². The summed E-state index contributed by atoms with van der Waals surface area (Å²) in [4.78, 5) is 16.8. The van der Waals surface area contributed by atoms with Crippen molar-refractivity contribution in [2.24, 2.45) is 0 Å². The second-order valence-electron chi connectivity index (χ2n) is 6.95. The predicted octanol–water partition coefficient (Wildman–Crippen LogP) is 4.69. The molecule has 30 heavy (non-hydrogen) atoms.